The predicted molar refractivity (Wildman–Crippen MR) is 316 cm³/mol. The first-order valence-electron chi connectivity index (χ1n) is 30.0. The van der Waals surface area contributed by atoms with Crippen LogP contribution >= 0.6 is 0 Å². The normalized spacial score (nSPS) is 13.0. The van der Waals surface area contributed by atoms with Gasteiger partial charge in [-0.25, -0.2) is 0 Å². The molecule has 0 aromatic carbocycles. The molecule has 0 bridgehead atoms. The van der Waals surface area contributed by atoms with E-state index in [1.807, 2.05) is 0 Å². The molecule has 0 saturated carbocycles. The number of carbonyl (C=O) groups excluding carboxylic acids is 3. The average molecular weight is 1010 g/mol. The fourth-order valence-electron chi connectivity index (χ4n) is 8.03. The largest absolute Gasteiger partial charge is 0.462 e. The standard InChI is InChI=1S/C67H110O6/c1-4-7-10-13-16-19-21-23-25-27-29-30-31-32-33-34-35-36-38-39-41-43-45-48-51-54-57-60-66(69)72-63-64(62-71-65(68)59-56-53-50-47-18-15-12-9-6-3)73-67(70)61-58-55-52-49-46-44-42-40-37-28-26-24-22-20-17-14-11-8-5-2/h7-8,10-11,16-17,19-20,23-26,29-30,32-33,35-37,40,64H,4-6,9,12-15,18,21-22,27-28,31,34,38-39,41-63H2,1-3H3/b10-7-,11-8-,19-16-,20-17-,25-23-,26-24-,30-29-,33-32-,36-35-,40-37-. The number of carbonyl (C=O) groups is 3. The number of hydrogen-bond acceptors (Lipinski definition) is 6. The molecular weight excluding hydrogens is 901 g/mol. The molecule has 0 aliphatic heterocycles. The highest BCUT2D eigenvalue weighted by Gasteiger charge is 2.19. The molecule has 0 aliphatic rings. The van der Waals surface area contributed by atoms with Crippen molar-refractivity contribution in [1.82, 2.24) is 0 Å². The van der Waals surface area contributed by atoms with Crippen LogP contribution in [0.4, 0.5) is 0 Å². The molecule has 0 aliphatic carbocycles. The SMILES string of the molecule is CC/C=C\C/C=C\C/C=C\C/C=C\C/C=C\C/C=C\CCCCCCCCCCC(=O)OCC(COC(=O)CCCCCCCCCCC)OC(=O)CCCCCCCC/C=C\C/C=C\C/C=C\C/C=C\CC. The Morgan fingerprint density at radius 1 is 0.288 bits per heavy atom. The van der Waals surface area contributed by atoms with Crippen LogP contribution in [0.5, 0.6) is 0 Å². The number of ether oxygens (including phenoxy) is 3. The summed E-state index contributed by atoms with van der Waals surface area (Å²) in [4.78, 5) is 38.1. The zero-order chi connectivity index (χ0) is 52.9. The highest BCUT2D eigenvalue weighted by atomic mass is 16.6. The van der Waals surface area contributed by atoms with Crippen LogP contribution in [0, 0.1) is 0 Å². The predicted octanol–water partition coefficient (Wildman–Crippen LogP) is 20.4. The maximum atomic E-state index is 12.9. The van der Waals surface area contributed by atoms with Crippen molar-refractivity contribution in [3.8, 4) is 0 Å². The quantitative estimate of drug-likeness (QED) is 0.0261. The van der Waals surface area contributed by atoms with E-state index >= 15 is 0 Å². The highest BCUT2D eigenvalue weighted by molar-refractivity contribution is 5.71. The lowest BCUT2D eigenvalue weighted by molar-refractivity contribution is -0.167. The molecule has 0 N–H and O–H groups in total. The first-order chi connectivity index (χ1) is 36.0. The molecule has 1 atom stereocenters. The second kappa shape index (κ2) is 60.4. The molecule has 73 heavy (non-hydrogen) atoms. The Morgan fingerprint density at radius 2 is 0.534 bits per heavy atom. The van der Waals surface area contributed by atoms with Gasteiger partial charge >= 0.3 is 17.9 Å². The zero-order valence-electron chi connectivity index (χ0n) is 47.4. The van der Waals surface area contributed by atoms with Crippen molar-refractivity contribution >= 4 is 17.9 Å². The number of esters is 3. The van der Waals surface area contributed by atoms with Crippen LogP contribution < -0.4 is 0 Å². The summed E-state index contributed by atoms with van der Waals surface area (Å²) in [7, 11) is 0. The van der Waals surface area contributed by atoms with Gasteiger partial charge in [-0.3, -0.25) is 14.4 Å². The number of rotatable bonds is 53. The van der Waals surface area contributed by atoms with Crippen molar-refractivity contribution < 1.29 is 28.6 Å². The molecule has 0 fully saturated rings. The maximum absolute atomic E-state index is 12.9. The van der Waals surface area contributed by atoms with Gasteiger partial charge in [0.25, 0.3) is 0 Å². The molecule has 414 valence electrons. The lowest BCUT2D eigenvalue weighted by atomic mass is 10.1. The average Bonchev–Trinajstić information content (AvgIpc) is 3.39. The lowest BCUT2D eigenvalue weighted by Crippen LogP contribution is -2.30. The summed E-state index contributed by atoms with van der Waals surface area (Å²) in [6.07, 6.45) is 83.4. The topological polar surface area (TPSA) is 78.9 Å². The Morgan fingerprint density at radius 3 is 0.836 bits per heavy atom. The fraction of sp³-hybridized carbons (Fsp3) is 0.657. The smallest absolute Gasteiger partial charge is 0.306 e. The molecule has 6 heteroatoms. The third-order valence-electron chi connectivity index (χ3n) is 12.5. The minimum atomic E-state index is -0.790. The van der Waals surface area contributed by atoms with Crippen LogP contribution in [0.15, 0.2) is 122 Å². The lowest BCUT2D eigenvalue weighted by Gasteiger charge is -2.18. The van der Waals surface area contributed by atoms with Gasteiger partial charge in [0.1, 0.15) is 13.2 Å². The third kappa shape index (κ3) is 58.6. The zero-order valence-corrected chi connectivity index (χ0v) is 47.4. The Labute approximate surface area is 450 Å². The van der Waals surface area contributed by atoms with Gasteiger partial charge in [0.2, 0.25) is 0 Å². The minimum absolute atomic E-state index is 0.0874. The molecule has 0 amide bonds. The molecule has 0 saturated heterocycles. The first-order valence-corrected chi connectivity index (χ1v) is 30.0. The van der Waals surface area contributed by atoms with Crippen molar-refractivity contribution in [3.63, 3.8) is 0 Å². The van der Waals surface area contributed by atoms with Crippen LogP contribution in [0.25, 0.3) is 0 Å². The second-order valence-corrected chi connectivity index (χ2v) is 19.5. The summed E-state index contributed by atoms with van der Waals surface area (Å²) >= 11 is 0. The van der Waals surface area contributed by atoms with Crippen LogP contribution in [0.1, 0.15) is 265 Å². The number of hydrogen-bond donors (Lipinski definition) is 0. The van der Waals surface area contributed by atoms with E-state index in [0.717, 1.165) is 141 Å². The molecule has 0 spiro atoms. The highest BCUT2D eigenvalue weighted by Crippen LogP contribution is 2.15. The van der Waals surface area contributed by atoms with E-state index in [2.05, 4.69) is 142 Å². The summed E-state index contributed by atoms with van der Waals surface area (Å²) in [6.45, 7) is 6.38. The van der Waals surface area contributed by atoms with Crippen molar-refractivity contribution in [2.45, 2.75) is 271 Å². The van der Waals surface area contributed by atoms with Crippen molar-refractivity contribution in [3.05, 3.63) is 122 Å². The Bertz CT molecular complexity index is 1540. The summed E-state index contributed by atoms with van der Waals surface area (Å²) in [5.74, 6) is -0.912. The molecule has 0 rings (SSSR count). The van der Waals surface area contributed by atoms with Crippen LogP contribution in [0.2, 0.25) is 0 Å². The van der Waals surface area contributed by atoms with Gasteiger partial charge in [-0.15, -0.1) is 0 Å². The van der Waals surface area contributed by atoms with Gasteiger partial charge in [-0.05, 0) is 109 Å². The van der Waals surface area contributed by atoms with E-state index in [1.54, 1.807) is 0 Å². The molecule has 1 unspecified atom stereocenters. The van der Waals surface area contributed by atoms with Gasteiger partial charge in [-0.2, -0.15) is 0 Å². The van der Waals surface area contributed by atoms with Crippen LogP contribution in [-0.4, -0.2) is 37.2 Å². The number of allylic oxidation sites excluding steroid dienone is 20. The minimum Gasteiger partial charge on any atom is -0.462 e. The monoisotopic (exact) mass is 1010 g/mol. The number of unbranched alkanes of at least 4 members (excludes halogenated alkanes) is 22. The maximum Gasteiger partial charge on any atom is 0.306 e. The van der Waals surface area contributed by atoms with Gasteiger partial charge in [0.05, 0.1) is 0 Å². The molecule has 0 aromatic rings. The third-order valence-corrected chi connectivity index (χ3v) is 12.5. The molecule has 6 nitrogen and oxygen atoms in total. The summed E-state index contributed by atoms with van der Waals surface area (Å²) < 4.78 is 16.8. The van der Waals surface area contributed by atoms with Crippen LogP contribution in [-0.2, 0) is 28.6 Å². The van der Waals surface area contributed by atoms with E-state index in [0.29, 0.717) is 19.3 Å². The van der Waals surface area contributed by atoms with E-state index < -0.39 is 6.10 Å². The van der Waals surface area contributed by atoms with E-state index in [4.69, 9.17) is 14.2 Å². The fourth-order valence-corrected chi connectivity index (χ4v) is 8.03. The Hall–Kier alpha value is -4.19. The Balaban J connectivity index is 4.29. The molecule has 0 radical (unpaired) electrons. The first kappa shape index (κ1) is 68.8. The molecular formula is C67H110O6. The van der Waals surface area contributed by atoms with Gasteiger partial charge in [0.15, 0.2) is 6.10 Å². The van der Waals surface area contributed by atoms with Gasteiger partial charge in [0, 0.05) is 19.3 Å². The van der Waals surface area contributed by atoms with E-state index in [-0.39, 0.29) is 31.1 Å². The Kier molecular flexibility index (Phi) is 56.9. The van der Waals surface area contributed by atoms with E-state index in [1.165, 1.54) is 83.5 Å². The molecule has 0 heterocycles. The van der Waals surface area contributed by atoms with Gasteiger partial charge < -0.3 is 14.2 Å². The molecule has 0 aromatic heterocycles. The summed E-state index contributed by atoms with van der Waals surface area (Å²) in [5, 5.41) is 0. The van der Waals surface area contributed by atoms with Gasteiger partial charge in [-0.1, -0.05) is 258 Å². The summed E-state index contributed by atoms with van der Waals surface area (Å²) in [5.41, 5.74) is 0. The van der Waals surface area contributed by atoms with Crippen molar-refractivity contribution in [2.75, 3.05) is 13.2 Å². The second-order valence-electron chi connectivity index (χ2n) is 19.5. The van der Waals surface area contributed by atoms with Crippen molar-refractivity contribution in [2.24, 2.45) is 0 Å². The van der Waals surface area contributed by atoms with Crippen LogP contribution in [0.3, 0.4) is 0 Å². The van der Waals surface area contributed by atoms with Crippen molar-refractivity contribution in [1.29, 1.82) is 0 Å². The van der Waals surface area contributed by atoms with E-state index in [9.17, 15) is 14.4 Å². The summed E-state index contributed by atoms with van der Waals surface area (Å²) in [6, 6.07) is 0.